The molecule has 0 amide bonds. The Morgan fingerprint density at radius 2 is 1.45 bits per heavy atom. The van der Waals surface area contributed by atoms with Crippen LogP contribution in [0.1, 0.15) is 22.4 Å². The molecule has 40 heavy (non-hydrogen) atoms. The largest absolute Gasteiger partial charge is 0.433 e. The van der Waals surface area contributed by atoms with E-state index in [0.717, 1.165) is 32.0 Å². The van der Waals surface area contributed by atoms with Crippen molar-refractivity contribution in [3.05, 3.63) is 156 Å². The molecule has 0 saturated carbocycles. The average Bonchev–Trinajstić information content (AvgIpc) is 3.73. The standard InChI is InChI=1S/C35H22N2O2S/c1-3-14-28-26(12-1)27-13-2-4-15-29(27)35(28,32-18-7-8-19-36-32)24-10-9-11-25(21-24)39-33-20-23(22-38-33)34-37-30-16-5-6-17-31(30)40-34/h1-22H. The van der Waals surface area contributed by atoms with Crippen molar-refractivity contribution in [3.63, 3.8) is 0 Å². The summed E-state index contributed by atoms with van der Waals surface area (Å²) in [6, 6.07) is 41.7. The monoisotopic (exact) mass is 534 g/mol. The second-order valence-electron chi connectivity index (χ2n) is 9.83. The predicted molar refractivity (Wildman–Crippen MR) is 159 cm³/mol. The van der Waals surface area contributed by atoms with E-state index in [1.807, 2.05) is 48.7 Å². The number of pyridine rings is 1. The minimum Gasteiger partial charge on any atom is -0.433 e. The van der Waals surface area contributed by atoms with Crippen LogP contribution in [0.4, 0.5) is 0 Å². The van der Waals surface area contributed by atoms with Gasteiger partial charge in [-0.2, -0.15) is 0 Å². The Hall–Kier alpha value is -5.00. The Labute approximate surface area is 235 Å². The molecule has 8 rings (SSSR count). The minimum atomic E-state index is -0.580. The van der Waals surface area contributed by atoms with Gasteiger partial charge >= 0.3 is 0 Å². The van der Waals surface area contributed by atoms with Gasteiger partial charge in [0.1, 0.15) is 17.0 Å². The molecule has 0 atom stereocenters. The number of hydrogen-bond donors (Lipinski definition) is 0. The van der Waals surface area contributed by atoms with Crippen molar-refractivity contribution in [1.82, 2.24) is 9.97 Å². The first-order valence-corrected chi connectivity index (χ1v) is 14.0. The Morgan fingerprint density at radius 3 is 2.23 bits per heavy atom. The highest BCUT2D eigenvalue weighted by atomic mass is 32.1. The van der Waals surface area contributed by atoms with E-state index >= 15 is 0 Å². The van der Waals surface area contributed by atoms with Gasteiger partial charge < -0.3 is 9.15 Å². The van der Waals surface area contributed by atoms with E-state index in [1.165, 1.54) is 22.3 Å². The van der Waals surface area contributed by atoms with Crippen LogP contribution < -0.4 is 4.74 Å². The number of benzene rings is 4. The molecule has 0 fully saturated rings. The Balaban J connectivity index is 1.23. The first-order valence-electron chi connectivity index (χ1n) is 13.1. The first-order chi connectivity index (χ1) is 19.8. The lowest BCUT2D eigenvalue weighted by Gasteiger charge is -2.32. The molecule has 0 unspecified atom stereocenters. The van der Waals surface area contributed by atoms with Gasteiger partial charge in [-0.1, -0.05) is 78.9 Å². The lowest BCUT2D eigenvalue weighted by atomic mass is 9.70. The van der Waals surface area contributed by atoms with Crippen LogP contribution in [0, 0.1) is 0 Å². The second-order valence-corrected chi connectivity index (χ2v) is 10.9. The van der Waals surface area contributed by atoms with E-state index in [4.69, 9.17) is 19.1 Å². The fourth-order valence-electron chi connectivity index (χ4n) is 5.94. The van der Waals surface area contributed by atoms with Crippen LogP contribution in [0.3, 0.4) is 0 Å². The SMILES string of the molecule is c1ccc(C2(c3cccc(Oc4cc(-c5nc6ccccc6s5)co4)c3)c3ccccc3-c3ccccc32)nc1. The first kappa shape index (κ1) is 22.9. The molecule has 0 aliphatic heterocycles. The molecule has 190 valence electrons. The molecule has 3 heterocycles. The van der Waals surface area contributed by atoms with E-state index in [-0.39, 0.29) is 0 Å². The zero-order valence-corrected chi connectivity index (χ0v) is 22.1. The van der Waals surface area contributed by atoms with Gasteiger partial charge in [0.15, 0.2) is 0 Å². The quantitative estimate of drug-likeness (QED) is 0.221. The molecule has 4 nitrogen and oxygen atoms in total. The lowest BCUT2D eigenvalue weighted by molar-refractivity contribution is 0.346. The van der Waals surface area contributed by atoms with Gasteiger partial charge in [-0.05, 0) is 64.2 Å². The van der Waals surface area contributed by atoms with Crippen LogP contribution in [0.5, 0.6) is 11.7 Å². The molecular formula is C35H22N2O2S. The highest BCUT2D eigenvalue weighted by Crippen LogP contribution is 2.55. The summed E-state index contributed by atoms with van der Waals surface area (Å²) in [7, 11) is 0. The highest BCUT2D eigenvalue weighted by Gasteiger charge is 2.47. The van der Waals surface area contributed by atoms with Crippen LogP contribution in [0.25, 0.3) is 31.9 Å². The van der Waals surface area contributed by atoms with Gasteiger partial charge in [-0.3, -0.25) is 4.98 Å². The smallest absolute Gasteiger partial charge is 0.290 e. The van der Waals surface area contributed by atoms with Gasteiger partial charge in [0.25, 0.3) is 5.95 Å². The molecule has 7 aromatic rings. The maximum Gasteiger partial charge on any atom is 0.290 e. The second kappa shape index (κ2) is 9.04. The van der Waals surface area contributed by atoms with Crippen LogP contribution in [0.15, 0.2) is 138 Å². The highest BCUT2D eigenvalue weighted by molar-refractivity contribution is 7.21. The summed E-state index contributed by atoms with van der Waals surface area (Å²) in [6.45, 7) is 0. The van der Waals surface area contributed by atoms with E-state index in [0.29, 0.717) is 11.7 Å². The van der Waals surface area contributed by atoms with E-state index in [2.05, 4.69) is 78.9 Å². The number of furan rings is 1. The lowest BCUT2D eigenvalue weighted by Crippen LogP contribution is -2.29. The van der Waals surface area contributed by atoms with Crippen LogP contribution in [0.2, 0.25) is 0 Å². The summed E-state index contributed by atoms with van der Waals surface area (Å²) in [5, 5.41) is 0.904. The van der Waals surface area contributed by atoms with Crippen molar-refractivity contribution < 1.29 is 9.15 Å². The number of aromatic nitrogens is 2. The Morgan fingerprint density at radius 1 is 0.700 bits per heavy atom. The molecule has 1 aliphatic rings. The number of rotatable bonds is 5. The number of ether oxygens (including phenoxy) is 1. The van der Waals surface area contributed by atoms with Crippen molar-refractivity contribution in [3.8, 4) is 33.4 Å². The molecule has 3 aromatic heterocycles. The molecule has 4 aromatic carbocycles. The minimum absolute atomic E-state index is 0.422. The normalized spacial score (nSPS) is 13.2. The number of nitrogens with zero attached hydrogens (tertiary/aromatic N) is 2. The van der Waals surface area contributed by atoms with E-state index in [9.17, 15) is 0 Å². The zero-order chi connectivity index (χ0) is 26.5. The number of para-hydroxylation sites is 1. The third kappa shape index (κ3) is 3.45. The summed E-state index contributed by atoms with van der Waals surface area (Å²) in [6.07, 6.45) is 3.57. The Bertz CT molecular complexity index is 1930. The number of hydrogen-bond acceptors (Lipinski definition) is 5. The third-order valence-electron chi connectivity index (χ3n) is 7.60. The van der Waals surface area contributed by atoms with Gasteiger partial charge in [0, 0.05) is 12.3 Å². The predicted octanol–water partition coefficient (Wildman–Crippen LogP) is 9.11. The molecule has 0 N–H and O–H groups in total. The van der Waals surface area contributed by atoms with Crippen molar-refractivity contribution >= 4 is 21.6 Å². The molecule has 0 saturated heterocycles. The van der Waals surface area contributed by atoms with Gasteiger partial charge in [0.05, 0.1) is 26.9 Å². The van der Waals surface area contributed by atoms with Crippen molar-refractivity contribution in [2.45, 2.75) is 5.41 Å². The van der Waals surface area contributed by atoms with Crippen molar-refractivity contribution in [2.24, 2.45) is 0 Å². The van der Waals surface area contributed by atoms with Crippen LogP contribution in [-0.4, -0.2) is 9.97 Å². The van der Waals surface area contributed by atoms with Crippen molar-refractivity contribution in [2.75, 3.05) is 0 Å². The maximum atomic E-state index is 6.30. The number of fused-ring (bicyclic) bond motifs is 4. The van der Waals surface area contributed by atoms with Crippen LogP contribution >= 0.6 is 11.3 Å². The molecule has 0 bridgehead atoms. The Kier molecular flexibility index (Phi) is 5.18. The molecule has 0 spiro atoms. The van der Waals surface area contributed by atoms with Gasteiger partial charge in [-0.25, -0.2) is 4.98 Å². The van der Waals surface area contributed by atoms with Gasteiger partial charge in [0.2, 0.25) is 0 Å². The molecule has 1 aliphatic carbocycles. The molecule has 5 heteroatoms. The van der Waals surface area contributed by atoms with Gasteiger partial charge in [-0.15, -0.1) is 11.3 Å². The fraction of sp³-hybridized carbons (Fsp3) is 0.0286. The third-order valence-corrected chi connectivity index (χ3v) is 8.69. The van der Waals surface area contributed by atoms with Crippen molar-refractivity contribution in [1.29, 1.82) is 0 Å². The summed E-state index contributed by atoms with van der Waals surface area (Å²) in [5.74, 6) is 1.12. The zero-order valence-electron chi connectivity index (χ0n) is 21.3. The number of thiazole rings is 1. The van der Waals surface area contributed by atoms with Crippen LogP contribution in [-0.2, 0) is 5.41 Å². The van der Waals surface area contributed by atoms with E-state index in [1.54, 1.807) is 17.6 Å². The summed E-state index contributed by atoms with van der Waals surface area (Å²) in [4.78, 5) is 9.66. The maximum absolute atomic E-state index is 6.30. The summed E-state index contributed by atoms with van der Waals surface area (Å²) >= 11 is 1.64. The topological polar surface area (TPSA) is 48.2 Å². The average molecular weight is 535 g/mol. The fourth-order valence-corrected chi connectivity index (χ4v) is 6.88. The summed E-state index contributed by atoms with van der Waals surface area (Å²) in [5.41, 5.74) is 8.23. The molecule has 0 radical (unpaired) electrons. The summed E-state index contributed by atoms with van der Waals surface area (Å²) < 4.78 is 13.3. The van der Waals surface area contributed by atoms with E-state index < -0.39 is 5.41 Å². The molecular weight excluding hydrogens is 512 g/mol.